The van der Waals surface area contributed by atoms with E-state index < -0.39 is 42.3 Å². The lowest BCUT2D eigenvalue weighted by molar-refractivity contribution is -0.148. The van der Waals surface area contributed by atoms with Crippen molar-refractivity contribution in [1.29, 1.82) is 0 Å². The fourth-order valence-corrected chi connectivity index (χ4v) is 8.46. The third-order valence-corrected chi connectivity index (χ3v) is 12.1. The zero-order valence-corrected chi connectivity index (χ0v) is 36.7. The molecule has 1 aliphatic carbocycles. The number of nitrogen functional groups attached to an aromatic ring is 1. The van der Waals surface area contributed by atoms with E-state index in [9.17, 15) is 24.0 Å². The van der Waals surface area contributed by atoms with Crippen LogP contribution in [0.1, 0.15) is 92.6 Å². The molecular weight excluding hydrogens is 727 g/mol. The average Bonchev–Trinajstić information content (AvgIpc) is 3.89. The Morgan fingerprint density at radius 2 is 1.49 bits per heavy atom. The van der Waals surface area contributed by atoms with E-state index in [1.807, 2.05) is 72.7 Å². The Bertz CT molecular complexity index is 1480. The lowest BCUT2D eigenvalue weighted by Gasteiger charge is -2.41. The Balaban J connectivity index is 1.74. The van der Waals surface area contributed by atoms with Crippen LogP contribution in [0.15, 0.2) is 24.3 Å². The summed E-state index contributed by atoms with van der Waals surface area (Å²) in [5.41, 5.74) is 7.35. The van der Waals surface area contributed by atoms with Crippen LogP contribution in [-0.2, 0) is 40.0 Å². The van der Waals surface area contributed by atoms with Crippen LogP contribution in [0.4, 0.5) is 5.69 Å². The first-order valence-electron chi connectivity index (χ1n) is 20.9. The number of methoxy groups -OCH3 is 2. The van der Waals surface area contributed by atoms with Gasteiger partial charge in [-0.05, 0) is 81.1 Å². The number of amides is 5. The quantitative estimate of drug-likeness (QED) is 0.128. The maximum absolute atomic E-state index is 14.3. The van der Waals surface area contributed by atoms with Gasteiger partial charge in [-0.2, -0.15) is 0 Å². The lowest BCUT2D eigenvalue weighted by atomic mass is 9.89. The summed E-state index contributed by atoms with van der Waals surface area (Å²) in [7, 11) is 8.56. The summed E-state index contributed by atoms with van der Waals surface area (Å²) in [6, 6.07) is 4.62. The summed E-state index contributed by atoms with van der Waals surface area (Å²) in [5.74, 6) is -1.88. The number of nitrogens with two attached hydrogens (primary N) is 1. The number of nitrogens with one attached hydrogen (secondary N) is 3. The van der Waals surface area contributed by atoms with Crippen molar-refractivity contribution in [3.63, 3.8) is 0 Å². The van der Waals surface area contributed by atoms with E-state index in [0.29, 0.717) is 25.2 Å². The van der Waals surface area contributed by atoms with E-state index >= 15 is 0 Å². The Morgan fingerprint density at radius 3 is 2.00 bits per heavy atom. The molecule has 5 amide bonds. The highest BCUT2D eigenvalue weighted by Crippen LogP contribution is 2.34. The van der Waals surface area contributed by atoms with Crippen molar-refractivity contribution in [3.05, 3.63) is 29.8 Å². The molecule has 322 valence electrons. The molecule has 5 N–H and O–H groups in total. The van der Waals surface area contributed by atoms with Gasteiger partial charge >= 0.3 is 0 Å². The van der Waals surface area contributed by atoms with Crippen LogP contribution in [0.3, 0.4) is 0 Å². The van der Waals surface area contributed by atoms with E-state index in [4.69, 9.17) is 15.2 Å². The highest BCUT2D eigenvalue weighted by Gasteiger charge is 2.44. The molecule has 9 atom stereocenters. The molecule has 0 spiro atoms. The number of carbonyl (C=O) groups is 5. The molecule has 14 nitrogen and oxygen atoms in total. The Labute approximate surface area is 341 Å². The zero-order chi connectivity index (χ0) is 42.7. The summed E-state index contributed by atoms with van der Waals surface area (Å²) in [5, 5.41) is 9.01. The van der Waals surface area contributed by atoms with Gasteiger partial charge in [0.2, 0.25) is 29.5 Å². The van der Waals surface area contributed by atoms with Crippen LogP contribution in [0, 0.1) is 29.6 Å². The molecule has 14 heteroatoms. The maximum atomic E-state index is 14.3. The number of likely N-dealkylation sites (tertiary alicyclic amines) is 1. The molecule has 1 aromatic rings. The Hall–Kier alpha value is -3.75. The standard InChI is InChI=1S/C43H73N7O7/c1-13-27(6)38(49(10)43(55)35(25(2)3)46-42(54)37(26(4)5)48(8)9)33(56-11)23-34(51)50-22-14-15-32(50)39(57-12)28(7)40(52)47-36(30-18-19-30)41(53)45-24-29-16-20-31(44)21-17-29/h16-17,20-21,25-28,30,32-33,35-39H,13-15,18-19,22-24,44H2,1-12H3,(H,45,53)(H,46,54)(H,47,52)/t27-,28+,32-,33+,35-,36?,37-,38-,39+/m0/s1. The van der Waals surface area contributed by atoms with Crippen molar-refractivity contribution < 1.29 is 33.4 Å². The minimum atomic E-state index is -0.768. The van der Waals surface area contributed by atoms with E-state index in [1.54, 1.807) is 50.1 Å². The number of likely N-dealkylation sites (N-methyl/N-ethyl adjacent to an activating group) is 2. The monoisotopic (exact) mass is 800 g/mol. The molecule has 1 aliphatic heterocycles. The van der Waals surface area contributed by atoms with E-state index in [1.165, 1.54) is 0 Å². The first kappa shape index (κ1) is 47.6. The van der Waals surface area contributed by atoms with Gasteiger partial charge in [-0.1, -0.05) is 67.0 Å². The summed E-state index contributed by atoms with van der Waals surface area (Å²) in [4.78, 5) is 74.4. The molecule has 1 saturated heterocycles. The van der Waals surface area contributed by atoms with Gasteiger partial charge in [0.25, 0.3) is 0 Å². The fraction of sp³-hybridized carbons (Fsp3) is 0.744. The number of hydrogen-bond donors (Lipinski definition) is 4. The van der Waals surface area contributed by atoms with Crippen LogP contribution in [0.25, 0.3) is 0 Å². The zero-order valence-electron chi connectivity index (χ0n) is 36.7. The first-order chi connectivity index (χ1) is 26.9. The molecule has 0 aromatic heterocycles. The second kappa shape index (κ2) is 21.9. The van der Waals surface area contributed by atoms with Gasteiger partial charge in [0.05, 0.1) is 42.7 Å². The Kier molecular flexibility index (Phi) is 18.3. The van der Waals surface area contributed by atoms with Crippen molar-refractivity contribution in [2.45, 2.75) is 136 Å². The predicted octanol–water partition coefficient (Wildman–Crippen LogP) is 3.43. The largest absolute Gasteiger partial charge is 0.399 e. The van der Waals surface area contributed by atoms with Crippen LogP contribution in [0.5, 0.6) is 0 Å². The van der Waals surface area contributed by atoms with Gasteiger partial charge in [0.1, 0.15) is 12.1 Å². The molecule has 1 saturated carbocycles. The summed E-state index contributed by atoms with van der Waals surface area (Å²) < 4.78 is 12.0. The third kappa shape index (κ3) is 12.6. The predicted molar refractivity (Wildman–Crippen MR) is 223 cm³/mol. The van der Waals surface area contributed by atoms with Crippen LogP contribution in [-0.4, -0.2) is 129 Å². The SMILES string of the molecule is CC[C@H](C)[C@@H]([C@@H](CC(=O)N1CCC[C@H]1[C@H](OC)[C@@H](C)C(=O)NC(C(=O)NCc1ccc(N)cc1)C1CC1)OC)N(C)C(=O)[C@@H](NC(=O)[C@H](C(C)C)N(C)C)C(C)C. The normalized spacial score (nSPS) is 20.0. The van der Waals surface area contributed by atoms with E-state index in [-0.39, 0.29) is 65.7 Å². The second-order valence-electron chi connectivity index (χ2n) is 17.3. The van der Waals surface area contributed by atoms with Crippen molar-refractivity contribution in [1.82, 2.24) is 30.7 Å². The van der Waals surface area contributed by atoms with E-state index in [2.05, 4.69) is 16.0 Å². The molecule has 3 rings (SSSR count). The third-order valence-electron chi connectivity index (χ3n) is 12.1. The minimum Gasteiger partial charge on any atom is -0.399 e. The van der Waals surface area contributed by atoms with Gasteiger partial charge in [-0.25, -0.2) is 0 Å². The topological polar surface area (TPSA) is 176 Å². The van der Waals surface area contributed by atoms with Gasteiger partial charge in [0.15, 0.2) is 0 Å². The number of hydrogen-bond acceptors (Lipinski definition) is 9. The average molecular weight is 800 g/mol. The number of rotatable bonds is 22. The van der Waals surface area contributed by atoms with Crippen LogP contribution >= 0.6 is 0 Å². The van der Waals surface area contributed by atoms with Gasteiger partial charge < -0.3 is 41.0 Å². The smallest absolute Gasteiger partial charge is 0.245 e. The van der Waals surface area contributed by atoms with Crippen molar-refractivity contribution in [2.24, 2.45) is 29.6 Å². The van der Waals surface area contributed by atoms with Crippen LogP contribution in [0.2, 0.25) is 0 Å². The molecule has 0 radical (unpaired) electrons. The van der Waals surface area contributed by atoms with Gasteiger partial charge in [-0.3, -0.25) is 28.9 Å². The van der Waals surface area contributed by atoms with E-state index in [0.717, 1.165) is 31.2 Å². The lowest BCUT2D eigenvalue weighted by Crippen LogP contribution is -2.59. The number of nitrogens with zero attached hydrogens (tertiary/aromatic N) is 3. The molecule has 57 heavy (non-hydrogen) atoms. The molecule has 1 unspecified atom stereocenters. The molecule has 2 fully saturated rings. The second-order valence-corrected chi connectivity index (χ2v) is 17.3. The minimum absolute atomic E-state index is 0.0172. The van der Waals surface area contributed by atoms with Gasteiger partial charge in [-0.15, -0.1) is 0 Å². The molecular formula is C43H73N7O7. The molecule has 1 heterocycles. The summed E-state index contributed by atoms with van der Waals surface area (Å²) in [6.45, 7) is 14.5. The highest BCUT2D eigenvalue weighted by molar-refractivity contribution is 5.91. The summed E-state index contributed by atoms with van der Waals surface area (Å²) in [6.07, 6.45) is 2.61. The van der Waals surface area contributed by atoms with Crippen LogP contribution < -0.4 is 21.7 Å². The Morgan fingerprint density at radius 1 is 0.860 bits per heavy atom. The number of anilines is 1. The molecule has 0 bridgehead atoms. The molecule has 1 aromatic carbocycles. The maximum Gasteiger partial charge on any atom is 0.245 e. The van der Waals surface area contributed by atoms with Crippen molar-refractivity contribution in [3.8, 4) is 0 Å². The van der Waals surface area contributed by atoms with Crippen molar-refractivity contribution >= 4 is 35.2 Å². The molecule has 2 aliphatic rings. The summed E-state index contributed by atoms with van der Waals surface area (Å²) >= 11 is 0. The number of carbonyl (C=O) groups excluding carboxylic acids is 5. The van der Waals surface area contributed by atoms with Gasteiger partial charge in [0, 0.05) is 40.0 Å². The first-order valence-corrected chi connectivity index (χ1v) is 20.9. The fourth-order valence-electron chi connectivity index (χ4n) is 8.46. The number of benzene rings is 1. The highest BCUT2D eigenvalue weighted by atomic mass is 16.5. The number of ether oxygens (including phenoxy) is 2. The van der Waals surface area contributed by atoms with Crippen molar-refractivity contribution in [2.75, 3.05) is 47.6 Å².